The molecule has 30 heavy (non-hydrogen) atoms. The molecule has 1 aromatic heterocycles. The normalized spacial score (nSPS) is 15.3. The molecule has 3 rings (SSSR count). The van der Waals surface area contributed by atoms with Crippen molar-refractivity contribution < 1.29 is 4.92 Å². The number of nitro benzene ring substituents is 1. The molecule has 2 aromatic rings. The van der Waals surface area contributed by atoms with Crippen molar-refractivity contribution in [2.45, 2.75) is 18.9 Å². The van der Waals surface area contributed by atoms with Crippen molar-refractivity contribution in [2.75, 3.05) is 45.1 Å². The highest BCUT2D eigenvalue weighted by Crippen LogP contribution is 2.27. The number of anilines is 1. The summed E-state index contributed by atoms with van der Waals surface area (Å²) in [6.07, 6.45) is 2.53. The van der Waals surface area contributed by atoms with Crippen LogP contribution in [0, 0.1) is 10.1 Å². The van der Waals surface area contributed by atoms with Gasteiger partial charge in [-0.25, -0.2) is 0 Å². The van der Waals surface area contributed by atoms with Crippen molar-refractivity contribution in [3.8, 4) is 0 Å². The maximum atomic E-state index is 10.7. The van der Waals surface area contributed by atoms with Gasteiger partial charge < -0.3 is 16.0 Å². The minimum Gasteiger partial charge on any atom is -0.383 e. The Kier molecular flexibility index (Phi) is 10.3. The van der Waals surface area contributed by atoms with Gasteiger partial charge in [0.25, 0.3) is 5.69 Å². The van der Waals surface area contributed by atoms with Gasteiger partial charge in [0.1, 0.15) is 0 Å². The summed E-state index contributed by atoms with van der Waals surface area (Å²) in [6, 6.07) is 11.1. The van der Waals surface area contributed by atoms with Crippen LogP contribution in [0.25, 0.3) is 0 Å². The number of non-ortho nitro benzene ring substituents is 1. The van der Waals surface area contributed by atoms with E-state index in [1.54, 1.807) is 30.5 Å². The predicted molar refractivity (Wildman–Crippen MR) is 134 cm³/mol. The van der Waals surface area contributed by atoms with Gasteiger partial charge in [-0.15, -0.1) is 35.3 Å². The molecule has 1 fully saturated rings. The zero-order valence-corrected chi connectivity index (χ0v) is 20.2. The number of thiophene rings is 1. The van der Waals surface area contributed by atoms with E-state index in [1.807, 2.05) is 0 Å². The summed E-state index contributed by atoms with van der Waals surface area (Å²) in [5.74, 6) is 0.774. The summed E-state index contributed by atoms with van der Waals surface area (Å²) in [5.41, 5.74) is 0.948. The molecule has 1 aliphatic heterocycles. The largest absolute Gasteiger partial charge is 0.383 e. The highest BCUT2D eigenvalue weighted by Gasteiger charge is 2.24. The number of hydrogen-bond donors (Lipinski definition) is 3. The smallest absolute Gasteiger partial charge is 0.269 e. The highest BCUT2D eigenvalue weighted by atomic mass is 127. The van der Waals surface area contributed by atoms with Crippen LogP contribution in [0.15, 0.2) is 46.8 Å². The number of guanidine groups is 1. The molecule has 1 aliphatic rings. The average molecular weight is 544 g/mol. The van der Waals surface area contributed by atoms with E-state index in [0.29, 0.717) is 19.1 Å². The Balaban J connectivity index is 0.00000320. The number of nitrogens with one attached hydrogen (secondary N) is 3. The van der Waals surface area contributed by atoms with Crippen molar-refractivity contribution in [3.63, 3.8) is 0 Å². The third-order valence-corrected chi connectivity index (χ3v) is 5.94. The summed E-state index contributed by atoms with van der Waals surface area (Å²) in [7, 11) is 1.77. The number of rotatable bonds is 9. The Morgan fingerprint density at radius 3 is 2.53 bits per heavy atom. The molecule has 0 aliphatic carbocycles. The van der Waals surface area contributed by atoms with Gasteiger partial charge in [-0.3, -0.25) is 20.0 Å². The fourth-order valence-electron chi connectivity index (χ4n) is 3.45. The first-order chi connectivity index (χ1) is 14.2. The maximum absolute atomic E-state index is 10.7. The summed E-state index contributed by atoms with van der Waals surface area (Å²) >= 11 is 1.80. The molecule has 1 unspecified atom stereocenters. The number of hydrogen-bond acceptors (Lipinski definition) is 6. The van der Waals surface area contributed by atoms with Crippen LogP contribution in [0.4, 0.5) is 11.4 Å². The predicted octanol–water partition coefficient (Wildman–Crippen LogP) is 3.69. The monoisotopic (exact) mass is 544 g/mol. The van der Waals surface area contributed by atoms with Crippen LogP contribution < -0.4 is 16.0 Å². The van der Waals surface area contributed by atoms with Crippen molar-refractivity contribution in [1.82, 2.24) is 15.5 Å². The Labute approximate surface area is 198 Å². The zero-order valence-electron chi connectivity index (χ0n) is 17.0. The van der Waals surface area contributed by atoms with Gasteiger partial charge in [0, 0.05) is 49.4 Å². The second-order valence-electron chi connectivity index (χ2n) is 6.88. The quantitative estimate of drug-likeness (QED) is 0.111. The molecule has 0 spiro atoms. The van der Waals surface area contributed by atoms with Gasteiger partial charge in [0.05, 0.1) is 11.0 Å². The van der Waals surface area contributed by atoms with Crippen LogP contribution in [0.2, 0.25) is 0 Å². The first-order valence-corrected chi connectivity index (χ1v) is 10.8. The van der Waals surface area contributed by atoms with Crippen molar-refractivity contribution in [1.29, 1.82) is 0 Å². The van der Waals surface area contributed by atoms with Crippen LogP contribution in [0.3, 0.4) is 0 Å². The number of nitrogens with zero attached hydrogens (tertiary/aromatic N) is 3. The van der Waals surface area contributed by atoms with E-state index < -0.39 is 4.92 Å². The third kappa shape index (κ3) is 7.10. The van der Waals surface area contributed by atoms with Crippen LogP contribution in [-0.4, -0.2) is 55.6 Å². The molecule has 0 bridgehead atoms. The SMILES string of the molecule is CN=C(NCCNc1ccc([N+](=O)[O-])cc1)NCC(c1cccs1)N1CCCC1.I. The lowest BCUT2D eigenvalue weighted by atomic mass is 10.2. The lowest BCUT2D eigenvalue weighted by Gasteiger charge is -2.27. The van der Waals surface area contributed by atoms with Crippen molar-refractivity contribution in [3.05, 3.63) is 56.8 Å². The van der Waals surface area contributed by atoms with E-state index in [4.69, 9.17) is 0 Å². The molecular formula is C20H29IN6O2S. The van der Waals surface area contributed by atoms with Gasteiger partial charge in [0.2, 0.25) is 0 Å². The summed E-state index contributed by atoms with van der Waals surface area (Å²) < 4.78 is 0. The molecule has 1 saturated heterocycles. The molecule has 0 amide bonds. The second-order valence-corrected chi connectivity index (χ2v) is 7.86. The first-order valence-electron chi connectivity index (χ1n) is 9.87. The summed E-state index contributed by atoms with van der Waals surface area (Å²) in [5, 5.41) is 22.9. The fraction of sp³-hybridized carbons (Fsp3) is 0.450. The number of nitro groups is 1. The van der Waals surface area contributed by atoms with E-state index in [0.717, 1.165) is 31.3 Å². The Morgan fingerprint density at radius 1 is 1.20 bits per heavy atom. The first kappa shape index (κ1) is 24.4. The molecule has 0 saturated carbocycles. The van der Waals surface area contributed by atoms with Gasteiger partial charge in [-0.05, 0) is 49.5 Å². The Hall–Kier alpha value is -1.92. The zero-order chi connectivity index (χ0) is 20.5. The van der Waals surface area contributed by atoms with E-state index in [1.165, 1.54) is 29.9 Å². The molecule has 1 aromatic carbocycles. The molecule has 3 N–H and O–H groups in total. The van der Waals surface area contributed by atoms with Crippen LogP contribution >= 0.6 is 35.3 Å². The van der Waals surface area contributed by atoms with E-state index >= 15 is 0 Å². The molecule has 0 radical (unpaired) electrons. The van der Waals surface area contributed by atoms with Crippen LogP contribution in [0.5, 0.6) is 0 Å². The average Bonchev–Trinajstić information content (AvgIpc) is 3.45. The lowest BCUT2D eigenvalue weighted by Crippen LogP contribution is -2.43. The summed E-state index contributed by atoms with van der Waals surface area (Å²) in [4.78, 5) is 18.6. The molecule has 2 heterocycles. The van der Waals surface area contributed by atoms with Crippen LogP contribution in [0.1, 0.15) is 23.8 Å². The maximum Gasteiger partial charge on any atom is 0.269 e. The van der Waals surface area contributed by atoms with E-state index in [9.17, 15) is 10.1 Å². The Morgan fingerprint density at radius 2 is 1.93 bits per heavy atom. The molecule has 1 atom stereocenters. The van der Waals surface area contributed by atoms with Gasteiger partial charge >= 0.3 is 0 Å². The fourth-order valence-corrected chi connectivity index (χ4v) is 4.31. The number of benzene rings is 1. The van der Waals surface area contributed by atoms with Crippen molar-refractivity contribution in [2.24, 2.45) is 4.99 Å². The lowest BCUT2D eigenvalue weighted by molar-refractivity contribution is -0.384. The number of halogens is 1. The second kappa shape index (κ2) is 12.7. The third-order valence-electron chi connectivity index (χ3n) is 4.96. The standard InChI is InChI=1S/C20H28N6O2S.HI/c1-21-20(23-11-10-22-16-6-8-17(9-7-16)26(27)28)24-15-18(19-5-4-14-29-19)25-12-2-3-13-25;/h4-9,14,18,22H,2-3,10-13,15H2,1H3,(H2,21,23,24);1H. The highest BCUT2D eigenvalue weighted by molar-refractivity contribution is 14.0. The minimum atomic E-state index is -0.396. The summed E-state index contributed by atoms with van der Waals surface area (Å²) in [6.45, 7) is 4.48. The van der Waals surface area contributed by atoms with E-state index in [2.05, 4.69) is 43.4 Å². The van der Waals surface area contributed by atoms with Gasteiger partial charge in [0.15, 0.2) is 5.96 Å². The molecule has 10 heteroatoms. The van der Waals surface area contributed by atoms with Gasteiger partial charge in [-0.2, -0.15) is 0 Å². The minimum absolute atomic E-state index is 0. The van der Waals surface area contributed by atoms with Crippen LogP contribution in [-0.2, 0) is 0 Å². The molecular weight excluding hydrogens is 515 g/mol. The molecule has 8 nitrogen and oxygen atoms in total. The van der Waals surface area contributed by atoms with Gasteiger partial charge in [-0.1, -0.05) is 6.07 Å². The molecule has 164 valence electrons. The number of likely N-dealkylation sites (tertiary alicyclic amines) is 1. The number of aliphatic imine (C=N–C) groups is 1. The van der Waals surface area contributed by atoms with E-state index in [-0.39, 0.29) is 29.7 Å². The Bertz CT molecular complexity index is 794. The van der Waals surface area contributed by atoms with Crippen molar-refractivity contribution >= 4 is 52.6 Å². The topological polar surface area (TPSA) is 94.8 Å².